The van der Waals surface area contributed by atoms with Crippen LogP contribution in [0, 0.1) is 0 Å². The molecule has 2 aromatic rings. The summed E-state index contributed by atoms with van der Waals surface area (Å²) in [5.41, 5.74) is 1.19. The van der Waals surface area contributed by atoms with E-state index in [9.17, 15) is 9.59 Å². The highest BCUT2D eigenvalue weighted by Gasteiger charge is 2.22. The Balaban J connectivity index is 1.97. The minimum absolute atomic E-state index is 0.0481. The number of benzene rings is 1. The van der Waals surface area contributed by atoms with Crippen LogP contribution >= 0.6 is 23.4 Å². The van der Waals surface area contributed by atoms with E-state index in [-0.39, 0.29) is 17.9 Å². The molecule has 2 rings (SSSR count). The summed E-state index contributed by atoms with van der Waals surface area (Å²) >= 11 is 7.70. The lowest BCUT2D eigenvalue weighted by molar-refractivity contribution is -0.123. The molecule has 1 atom stereocenters. The zero-order valence-electron chi connectivity index (χ0n) is 16.8. The van der Waals surface area contributed by atoms with Crippen LogP contribution in [0.4, 0.5) is 0 Å². The molecule has 156 valence electrons. The standard InChI is InChI=1S/C21H26ClN3O3S/c1-14(2)28-19-9-8-15(12-23-19)13-24-21(27)18(10-11-29-3)25-20(26)16-6-4-5-7-17(16)22/h4-9,12,14,18H,10-11,13H2,1-3H3,(H,24,27)(H,25,26). The average molecular weight is 436 g/mol. The lowest BCUT2D eigenvalue weighted by Gasteiger charge is -2.18. The molecule has 29 heavy (non-hydrogen) atoms. The van der Waals surface area contributed by atoms with Crippen molar-refractivity contribution in [2.45, 2.75) is 39.0 Å². The molecule has 0 saturated carbocycles. The topological polar surface area (TPSA) is 80.3 Å². The van der Waals surface area contributed by atoms with Crippen molar-refractivity contribution in [3.63, 3.8) is 0 Å². The van der Waals surface area contributed by atoms with Gasteiger partial charge in [0.05, 0.1) is 16.7 Å². The quantitative estimate of drug-likeness (QED) is 0.594. The summed E-state index contributed by atoms with van der Waals surface area (Å²) in [5.74, 6) is 0.666. The molecule has 0 saturated heterocycles. The highest BCUT2D eigenvalue weighted by molar-refractivity contribution is 7.98. The van der Waals surface area contributed by atoms with Gasteiger partial charge in [0, 0.05) is 18.8 Å². The smallest absolute Gasteiger partial charge is 0.253 e. The highest BCUT2D eigenvalue weighted by Crippen LogP contribution is 2.15. The number of pyridine rings is 1. The molecular weight excluding hydrogens is 410 g/mol. The lowest BCUT2D eigenvalue weighted by atomic mass is 10.1. The number of carbonyl (C=O) groups is 2. The third-order valence-electron chi connectivity index (χ3n) is 3.97. The van der Waals surface area contributed by atoms with E-state index in [1.54, 1.807) is 48.3 Å². The van der Waals surface area contributed by atoms with Crippen LogP contribution in [0.1, 0.15) is 36.2 Å². The van der Waals surface area contributed by atoms with E-state index in [1.165, 1.54) is 0 Å². The van der Waals surface area contributed by atoms with E-state index < -0.39 is 6.04 Å². The molecule has 1 aromatic carbocycles. The minimum atomic E-state index is -0.650. The number of thioether (sulfide) groups is 1. The number of halogens is 1. The molecule has 0 aliphatic rings. The van der Waals surface area contributed by atoms with E-state index in [1.807, 2.05) is 26.2 Å². The van der Waals surface area contributed by atoms with Crippen LogP contribution in [-0.4, -0.2) is 41.0 Å². The van der Waals surface area contributed by atoms with Crippen LogP contribution in [0.3, 0.4) is 0 Å². The number of amides is 2. The first-order valence-electron chi connectivity index (χ1n) is 9.34. The molecule has 2 amide bonds. The van der Waals surface area contributed by atoms with E-state index in [2.05, 4.69) is 15.6 Å². The summed E-state index contributed by atoms with van der Waals surface area (Å²) in [7, 11) is 0. The van der Waals surface area contributed by atoms with Crippen LogP contribution in [0.15, 0.2) is 42.6 Å². The van der Waals surface area contributed by atoms with E-state index >= 15 is 0 Å². The van der Waals surface area contributed by atoms with Crippen molar-refractivity contribution in [3.05, 3.63) is 58.7 Å². The van der Waals surface area contributed by atoms with Gasteiger partial charge in [-0.2, -0.15) is 11.8 Å². The molecule has 0 aliphatic carbocycles. The molecule has 8 heteroatoms. The summed E-state index contributed by atoms with van der Waals surface area (Å²) in [6.45, 7) is 4.18. The summed E-state index contributed by atoms with van der Waals surface area (Å²) in [6, 6.07) is 9.74. The van der Waals surface area contributed by atoms with Crippen molar-refractivity contribution in [1.29, 1.82) is 0 Å². The van der Waals surface area contributed by atoms with Crippen LogP contribution in [-0.2, 0) is 11.3 Å². The van der Waals surface area contributed by atoms with Crippen molar-refractivity contribution < 1.29 is 14.3 Å². The Kier molecular flexibility index (Phi) is 9.28. The first kappa shape index (κ1) is 23.0. The largest absolute Gasteiger partial charge is 0.475 e. The van der Waals surface area contributed by atoms with Crippen molar-refractivity contribution in [2.75, 3.05) is 12.0 Å². The third-order valence-corrected chi connectivity index (χ3v) is 4.95. The Bertz CT molecular complexity index is 815. The van der Waals surface area contributed by atoms with Crippen LogP contribution in [0.5, 0.6) is 5.88 Å². The van der Waals surface area contributed by atoms with E-state index in [4.69, 9.17) is 16.3 Å². The predicted octanol–water partition coefficient (Wildman–Crippen LogP) is 3.69. The summed E-state index contributed by atoms with van der Waals surface area (Å²) in [4.78, 5) is 29.4. The van der Waals surface area contributed by atoms with Gasteiger partial charge in [-0.05, 0) is 50.0 Å². The first-order chi connectivity index (χ1) is 13.9. The van der Waals surface area contributed by atoms with Crippen molar-refractivity contribution in [1.82, 2.24) is 15.6 Å². The number of carbonyl (C=O) groups excluding carboxylic acids is 2. The van der Waals surface area contributed by atoms with Crippen molar-refractivity contribution in [2.24, 2.45) is 0 Å². The maximum absolute atomic E-state index is 12.7. The molecule has 1 aromatic heterocycles. The Morgan fingerprint density at radius 2 is 1.97 bits per heavy atom. The Morgan fingerprint density at radius 3 is 2.59 bits per heavy atom. The maximum Gasteiger partial charge on any atom is 0.253 e. The van der Waals surface area contributed by atoms with Gasteiger partial charge in [-0.3, -0.25) is 9.59 Å². The van der Waals surface area contributed by atoms with Gasteiger partial charge in [-0.25, -0.2) is 4.98 Å². The number of hydrogen-bond donors (Lipinski definition) is 2. The highest BCUT2D eigenvalue weighted by atomic mass is 35.5. The summed E-state index contributed by atoms with van der Waals surface area (Å²) < 4.78 is 5.51. The Morgan fingerprint density at radius 1 is 1.21 bits per heavy atom. The van der Waals surface area contributed by atoms with E-state index in [0.29, 0.717) is 29.4 Å². The van der Waals surface area contributed by atoms with Gasteiger partial charge in [-0.15, -0.1) is 0 Å². The zero-order valence-corrected chi connectivity index (χ0v) is 18.3. The molecule has 0 bridgehead atoms. The summed E-state index contributed by atoms with van der Waals surface area (Å²) in [6.07, 6.45) is 4.18. The number of nitrogens with one attached hydrogen (secondary N) is 2. The predicted molar refractivity (Wildman–Crippen MR) is 118 cm³/mol. The molecule has 1 heterocycles. The first-order valence-corrected chi connectivity index (χ1v) is 11.1. The number of rotatable bonds is 10. The molecule has 6 nitrogen and oxygen atoms in total. The van der Waals surface area contributed by atoms with Gasteiger partial charge in [0.15, 0.2) is 0 Å². The van der Waals surface area contributed by atoms with Crippen LogP contribution in [0.2, 0.25) is 5.02 Å². The molecule has 2 N–H and O–H groups in total. The molecule has 0 radical (unpaired) electrons. The van der Waals surface area contributed by atoms with Crippen LogP contribution < -0.4 is 15.4 Å². The minimum Gasteiger partial charge on any atom is -0.475 e. The lowest BCUT2D eigenvalue weighted by Crippen LogP contribution is -2.47. The fourth-order valence-electron chi connectivity index (χ4n) is 2.52. The third kappa shape index (κ3) is 7.59. The van der Waals surface area contributed by atoms with Gasteiger partial charge < -0.3 is 15.4 Å². The molecule has 0 spiro atoms. The van der Waals surface area contributed by atoms with Gasteiger partial charge in [0.1, 0.15) is 6.04 Å². The molecular formula is C21H26ClN3O3S. The zero-order chi connectivity index (χ0) is 21.2. The number of nitrogens with zero attached hydrogens (tertiary/aromatic N) is 1. The van der Waals surface area contributed by atoms with Gasteiger partial charge in [0.25, 0.3) is 5.91 Å². The van der Waals surface area contributed by atoms with Gasteiger partial charge in [0.2, 0.25) is 11.8 Å². The summed E-state index contributed by atoms with van der Waals surface area (Å²) in [5, 5.41) is 6.00. The monoisotopic (exact) mass is 435 g/mol. The van der Waals surface area contributed by atoms with E-state index in [0.717, 1.165) is 11.3 Å². The Labute approximate surface area is 180 Å². The maximum atomic E-state index is 12.7. The SMILES string of the molecule is CSCCC(NC(=O)c1ccccc1Cl)C(=O)NCc1ccc(OC(C)C)nc1. The second kappa shape index (κ2) is 11.7. The second-order valence-electron chi connectivity index (χ2n) is 6.68. The second-order valence-corrected chi connectivity index (χ2v) is 8.07. The fraction of sp³-hybridized carbons (Fsp3) is 0.381. The average Bonchev–Trinajstić information content (AvgIpc) is 2.70. The number of hydrogen-bond acceptors (Lipinski definition) is 5. The normalized spacial score (nSPS) is 11.8. The number of ether oxygens (including phenoxy) is 1. The molecule has 0 aliphatic heterocycles. The van der Waals surface area contributed by atoms with Gasteiger partial charge in [-0.1, -0.05) is 29.8 Å². The molecule has 0 fully saturated rings. The van der Waals surface area contributed by atoms with Crippen molar-refractivity contribution >= 4 is 35.2 Å². The van der Waals surface area contributed by atoms with Crippen molar-refractivity contribution in [3.8, 4) is 5.88 Å². The Hall–Kier alpha value is -2.25. The fourth-order valence-corrected chi connectivity index (χ4v) is 3.22. The number of aromatic nitrogens is 1. The van der Waals surface area contributed by atoms with Crippen LogP contribution in [0.25, 0.3) is 0 Å². The van der Waals surface area contributed by atoms with Gasteiger partial charge >= 0.3 is 0 Å². The molecule has 1 unspecified atom stereocenters.